The van der Waals surface area contributed by atoms with Gasteiger partial charge in [-0.25, -0.2) is 4.79 Å². The maximum atomic E-state index is 12.9. The van der Waals surface area contributed by atoms with Crippen LogP contribution in [0, 0.1) is 0 Å². The molecule has 7 nitrogen and oxygen atoms in total. The van der Waals surface area contributed by atoms with E-state index in [1.807, 2.05) is 30.3 Å². The van der Waals surface area contributed by atoms with Gasteiger partial charge >= 0.3 is 5.97 Å². The van der Waals surface area contributed by atoms with E-state index in [9.17, 15) is 9.59 Å². The lowest BCUT2D eigenvalue weighted by molar-refractivity contribution is -0.130. The first-order chi connectivity index (χ1) is 14.1. The summed E-state index contributed by atoms with van der Waals surface area (Å²) in [7, 11) is 3.00. The van der Waals surface area contributed by atoms with Crippen molar-refractivity contribution >= 4 is 11.9 Å². The lowest BCUT2D eigenvalue weighted by Gasteiger charge is -2.19. The molecule has 150 valence electrons. The van der Waals surface area contributed by atoms with Crippen molar-refractivity contribution in [2.24, 2.45) is 0 Å². The Morgan fingerprint density at radius 1 is 0.966 bits per heavy atom. The first-order valence-electron chi connectivity index (χ1n) is 8.90. The summed E-state index contributed by atoms with van der Waals surface area (Å²) in [6.07, 6.45) is 0.161. The molecule has 0 unspecified atom stereocenters. The topological polar surface area (TPSA) is 87.0 Å². The summed E-state index contributed by atoms with van der Waals surface area (Å²) in [5.41, 5.74) is 1.36. The molecule has 2 aromatic carbocycles. The molecule has 1 N–H and O–H groups in total. The van der Waals surface area contributed by atoms with Crippen molar-refractivity contribution < 1.29 is 28.2 Å². The van der Waals surface area contributed by atoms with Gasteiger partial charge in [-0.2, -0.15) is 0 Å². The first kappa shape index (κ1) is 20.0. The summed E-state index contributed by atoms with van der Waals surface area (Å²) >= 11 is 0. The Balaban J connectivity index is 1.84. The van der Waals surface area contributed by atoms with Crippen LogP contribution in [0.5, 0.6) is 11.5 Å². The summed E-state index contributed by atoms with van der Waals surface area (Å²) in [5.74, 6) is -0.297. The highest BCUT2D eigenvalue weighted by Gasteiger charge is 2.27. The van der Waals surface area contributed by atoms with Crippen molar-refractivity contribution in [3.05, 3.63) is 83.8 Å². The number of hydrogen-bond acceptors (Lipinski definition) is 6. The predicted octanol–water partition coefficient (Wildman–Crippen LogP) is 3.51. The van der Waals surface area contributed by atoms with Gasteiger partial charge in [0.1, 0.15) is 0 Å². The number of ether oxygens (including phenoxy) is 3. The van der Waals surface area contributed by atoms with Crippen LogP contribution in [0.2, 0.25) is 0 Å². The van der Waals surface area contributed by atoms with Gasteiger partial charge in [0.15, 0.2) is 11.5 Å². The molecular weight excluding hydrogens is 374 g/mol. The number of amides is 1. The fraction of sp³-hybridized carbons (Fsp3) is 0.182. The fourth-order valence-corrected chi connectivity index (χ4v) is 2.73. The van der Waals surface area contributed by atoms with Gasteiger partial charge < -0.3 is 23.9 Å². The Kier molecular flexibility index (Phi) is 6.52. The minimum atomic E-state index is -1.20. The molecule has 7 heteroatoms. The average molecular weight is 395 g/mol. The van der Waals surface area contributed by atoms with Gasteiger partial charge in [-0.15, -0.1) is 0 Å². The molecule has 0 radical (unpaired) electrons. The van der Waals surface area contributed by atoms with Crippen LogP contribution in [0.15, 0.2) is 71.3 Å². The summed E-state index contributed by atoms with van der Waals surface area (Å²) in [5, 5.41) is 2.80. The summed E-state index contributed by atoms with van der Waals surface area (Å²) < 4.78 is 21.1. The zero-order valence-electron chi connectivity index (χ0n) is 16.1. The number of rotatable bonds is 8. The highest BCUT2D eigenvalue weighted by atomic mass is 16.6. The summed E-state index contributed by atoms with van der Waals surface area (Å²) in [4.78, 5) is 25.3. The van der Waals surface area contributed by atoms with E-state index < -0.39 is 18.0 Å². The smallest absolute Gasteiger partial charge is 0.375 e. The molecule has 29 heavy (non-hydrogen) atoms. The Hall–Kier alpha value is -3.74. The van der Waals surface area contributed by atoms with Gasteiger partial charge in [0.05, 0.1) is 20.5 Å². The SMILES string of the molecule is COc1ccc([C@H](OC(=O)c2ccco2)C(=O)NCc2ccccc2)cc1OC. The van der Waals surface area contributed by atoms with Gasteiger partial charge in [-0.3, -0.25) is 4.79 Å². The molecule has 1 heterocycles. The zero-order chi connectivity index (χ0) is 20.6. The standard InChI is InChI=1S/C22H21NO6/c1-26-17-11-10-16(13-19(17)27-2)20(29-22(25)18-9-6-12-28-18)21(24)23-14-15-7-4-3-5-8-15/h3-13,20H,14H2,1-2H3,(H,23,24)/t20-/m0/s1. The molecule has 3 aromatic rings. The second kappa shape index (κ2) is 9.45. The largest absolute Gasteiger partial charge is 0.493 e. The van der Waals surface area contributed by atoms with E-state index >= 15 is 0 Å². The van der Waals surface area contributed by atoms with Gasteiger partial charge in [0, 0.05) is 12.1 Å². The van der Waals surface area contributed by atoms with Crippen LogP contribution in [-0.4, -0.2) is 26.1 Å². The fourth-order valence-electron chi connectivity index (χ4n) is 2.73. The number of carbonyl (C=O) groups is 2. The Bertz CT molecular complexity index is 953. The van der Waals surface area contributed by atoms with Crippen molar-refractivity contribution in [1.82, 2.24) is 5.32 Å². The van der Waals surface area contributed by atoms with Gasteiger partial charge in [0.2, 0.25) is 11.9 Å². The number of furan rings is 1. The third kappa shape index (κ3) is 4.95. The monoisotopic (exact) mass is 395 g/mol. The average Bonchev–Trinajstić information content (AvgIpc) is 3.31. The molecule has 0 saturated carbocycles. The lowest BCUT2D eigenvalue weighted by atomic mass is 10.1. The highest BCUT2D eigenvalue weighted by molar-refractivity contribution is 5.90. The van der Waals surface area contributed by atoms with E-state index in [0.717, 1.165) is 5.56 Å². The maximum Gasteiger partial charge on any atom is 0.375 e. The molecule has 0 aliphatic rings. The van der Waals surface area contributed by atoms with E-state index in [0.29, 0.717) is 23.6 Å². The first-order valence-corrected chi connectivity index (χ1v) is 8.90. The lowest BCUT2D eigenvalue weighted by Crippen LogP contribution is -2.31. The quantitative estimate of drug-likeness (QED) is 0.588. The minimum absolute atomic E-state index is 0.00587. The number of hydrogen-bond donors (Lipinski definition) is 1. The zero-order valence-corrected chi connectivity index (χ0v) is 16.1. The third-order valence-corrected chi connectivity index (χ3v) is 4.21. The van der Waals surface area contributed by atoms with Crippen LogP contribution in [0.25, 0.3) is 0 Å². The van der Waals surface area contributed by atoms with Crippen molar-refractivity contribution in [3.8, 4) is 11.5 Å². The van der Waals surface area contributed by atoms with Gasteiger partial charge in [-0.1, -0.05) is 36.4 Å². The van der Waals surface area contributed by atoms with Crippen LogP contribution in [0.3, 0.4) is 0 Å². The molecule has 0 fully saturated rings. The minimum Gasteiger partial charge on any atom is -0.493 e. The van der Waals surface area contributed by atoms with Crippen molar-refractivity contribution in [2.75, 3.05) is 14.2 Å². The van der Waals surface area contributed by atoms with Crippen LogP contribution in [0.1, 0.15) is 27.8 Å². The number of nitrogens with one attached hydrogen (secondary N) is 1. The summed E-state index contributed by atoms with van der Waals surface area (Å²) in [6.45, 7) is 0.293. The molecule has 1 atom stereocenters. The molecule has 0 saturated heterocycles. The molecule has 1 amide bonds. The van der Waals surface area contributed by atoms with Crippen molar-refractivity contribution in [3.63, 3.8) is 0 Å². The molecular formula is C22H21NO6. The number of esters is 1. The Morgan fingerprint density at radius 2 is 1.72 bits per heavy atom. The Morgan fingerprint density at radius 3 is 2.38 bits per heavy atom. The predicted molar refractivity (Wildman–Crippen MR) is 105 cm³/mol. The van der Waals surface area contributed by atoms with Crippen LogP contribution < -0.4 is 14.8 Å². The van der Waals surface area contributed by atoms with Crippen LogP contribution in [0.4, 0.5) is 0 Å². The summed E-state index contributed by atoms with van der Waals surface area (Å²) in [6, 6.07) is 17.3. The van der Waals surface area contributed by atoms with E-state index in [-0.39, 0.29) is 5.76 Å². The van der Waals surface area contributed by atoms with E-state index in [1.165, 1.54) is 26.5 Å². The van der Waals surface area contributed by atoms with Crippen molar-refractivity contribution in [1.29, 1.82) is 0 Å². The van der Waals surface area contributed by atoms with E-state index in [1.54, 1.807) is 24.3 Å². The van der Waals surface area contributed by atoms with E-state index in [4.69, 9.17) is 18.6 Å². The Labute approximate surface area is 168 Å². The normalized spacial score (nSPS) is 11.4. The van der Waals surface area contributed by atoms with Gasteiger partial charge in [0.25, 0.3) is 5.91 Å². The molecule has 0 spiro atoms. The van der Waals surface area contributed by atoms with Crippen molar-refractivity contribution in [2.45, 2.75) is 12.6 Å². The maximum absolute atomic E-state index is 12.9. The highest BCUT2D eigenvalue weighted by Crippen LogP contribution is 2.31. The molecule has 0 bridgehead atoms. The van der Waals surface area contributed by atoms with Gasteiger partial charge in [-0.05, 0) is 29.8 Å². The number of methoxy groups -OCH3 is 2. The van der Waals surface area contributed by atoms with Crippen LogP contribution in [-0.2, 0) is 16.1 Å². The molecule has 3 rings (SSSR count). The second-order valence-electron chi connectivity index (χ2n) is 6.08. The molecule has 0 aliphatic heterocycles. The van der Waals surface area contributed by atoms with Crippen LogP contribution >= 0.6 is 0 Å². The molecule has 0 aliphatic carbocycles. The molecule has 1 aromatic heterocycles. The number of benzene rings is 2. The number of carbonyl (C=O) groups excluding carboxylic acids is 2. The third-order valence-electron chi connectivity index (χ3n) is 4.21. The second-order valence-corrected chi connectivity index (χ2v) is 6.08. The van der Waals surface area contributed by atoms with E-state index in [2.05, 4.69) is 5.32 Å².